The summed E-state index contributed by atoms with van der Waals surface area (Å²) in [6, 6.07) is -0.432. The normalized spacial score (nSPS) is 12.5. The number of carbonyl (C=O) groups is 1. The Kier molecular flexibility index (Phi) is 7.95. The van der Waals surface area contributed by atoms with Crippen molar-refractivity contribution in [2.24, 2.45) is 11.7 Å². The molecule has 0 aliphatic carbocycles. The first-order valence-corrected chi connectivity index (χ1v) is 5.31. The summed E-state index contributed by atoms with van der Waals surface area (Å²) in [4.78, 5) is 11.4. The van der Waals surface area contributed by atoms with Crippen LogP contribution in [0.15, 0.2) is 12.7 Å². The molecule has 1 amide bonds. The van der Waals surface area contributed by atoms with Crippen LogP contribution in [-0.4, -0.2) is 31.7 Å². The number of hydrogen-bond donors (Lipinski definition) is 2. The Balaban J connectivity index is 3.43. The molecule has 0 saturated heterocycles. The summed E-state index contributed by atoms with van der Waals surface area (Å²) >= 11 is 0. The zero-order valence-corrected chi connectivity index (χ0v) is 9.66. The maximum absolute atomic E-state index is 11.4. The van der Waals surface area contributed by atoms with Crippen molar-refractivity contribution >= 4 is 5.91 Å². The van der Waals surface area contributed by atoms with Gasteiger partial charge in [0.15, 0.2) is 0 Å². The van der Waals surface area contributed by atoms with Crippen LogP contribution in [0.4, 0.5) is 0 Å². The van der Waals surface area contributed by atoms with E-state index in [9.17, 15) is 4.79 Å². The fourth-order valence-electron chi connectivity index (χ4n) is 0.936. The van der Waals surface area contributed by atoms with Gasteiger partial charge in [-0.15, -0.1) is 6.58 Å². The van der Waals surface area contributed by atoms with Gasteiger partial charge in [0.25, 0.3) is 0 Å². The monoisotopic (exact) mass is 214 g/mol. The molecular weight excluding hydrogens is 192 g/mol. The van der Waals surface area contributed by atoms with Crippen molar-refractivity contribution in [3.05, 3.63) is 12.7 Å². The number of carbonyl (C=O) groups excluding carboxylic acids is 1. The van der Waals surface area contributed by atoms with Gasteiger partial charge in [-0.25, -0.2) is 0 Å². The van der Waals surface area contributed by atoms with Crippen LogP contribution in [0.2, 0.25) is 0 Å². The highest BCUT2D eigenvalue weighted by Gasteiger charge is 2.15. The van der Waals surface area contributed by atoms with Crippen molar-refractivity contribution in [2.45, 2.75) is 26.3 Å². The summed E-state index contributed by atoms with van der Waals surface area (Å²) in [6.07, 6.45) is 2.63. The lowest BCUT2D eigenvalue weighted by atomic mass is 10.1. The van der Waals surface area contributed by atoms with Crippen molar-refractivity contribution in [1.29, 1.82) is 0 Å². The molecule has 4 heteroatoms. The molecular formula is C11H22N2O2. The predicted molar refractivity (Wildman–Crippen MR) is 61.5 cm³/mol. The third-order valence-electron chi connectivity index (χ3n) is 2.03. The molecule has 0 heterocycles. The van der Waals surface area contributed by atoms with Gasteiger partial charge in [-0.05, 0) is 12.3 Å². The highest BCUT2D eigenvalue weighted by Crippen LogP contribution is 1.97. The first-order valence-electron chi connectivity index (χ1n) is 5.31. The van der Waals surface area contributed by atoms with Gasteiger partial charge in [0.05, 0.1) is 19.3 Å². The molecule has 15 heavy (non-hydrogen) atoms. The summed E-state index contributed by atoms with van der Waals surface area (Å²) in [5, 5.41) is 2.73. The van der Waals surface area contributed by atoms with E-state index in [1.807, 2.05) is 13.8 Å². The SMILES string of the molecule is C=CCCOCCNC(=O)[C@H](N)C(C)C. The lowest BCUT2D eigenvalue weighted by molar-refractivity contribution is -0.123. The van der Waals surface area contributed by atoms with Gasteiger partial charge in [0.1, 0.15) is 0 Å². The summed E-state index contributed by atoms with van der Waals surface area (Å²) in [5.41, 5.74) is 5.66. The minimum atomic E-state index is -0.432. The average Bonchev–Trinajstić information content (AvgIpc) is 2.21. The van der Waals surface area contributed by atoms with Crippen LogP contribution in [0.1, 0.15) is 20.3 Å². The Morgan fingerprint density at radius 1 is 1.53 bits per heavy atom. The van der Waals surface area contributed by atoms with Crippen molar-refractivity contribution in [2.75, 3.05) is 19.8 Å². The van der Waals surface area contributed by atoms with Crippen molar-refractivity contribution in [1.82, 2.24) is 5.32 Å². The summed E-state index contributed by atoms with van der Waals surface area (Å²) in [7, 11) is 0. The molecule has 1 atom stereocenters. The highest BCUT2D eigenvalue weighted by molar-refractivity contribution is 5.81. The Bertz CT molecular complexity index is 193. The van der Waals surface area contributed by atoms with E-state index in [0.29, 0.717) is 19.8 Å². The van der Waals surface area contributed by atoms with Crippen LogP contribution in [0.5, 0.6) is 0 Å². The molecule has 0 aromatic carbocycles. The number of amides is 1. The fraction of sp³-hybridized carbons (Fsp3) is 0.727. The molecule has 0 aliphatic heterocycles. The van der Waals surface area contributed by atoms with E-state index < -0.39 is 6.04 Å². The van der Waals surface area contributed by atoms with E-state index in [1.165, 1.54) is 0 Å². The smallest absolute Gasteiger partial charge is 0.237 e. The average molecular weight is 214 g/mol. The zero-order valence-electron chi connectivity index (χ0n) is 9.66. The maximum Gasteiger partial charge on any atom is 0.237 e. The van der Waals surface area contributed by atoms with Gasteiger partial charge in [0.2, 0.25) is 5.91 Å². The second-order valence-corrected chi connectivity index (χ2v) is 3.75. The van der Waals surface area contributed by atoms with Gasteiger partial charge in [-0.3, -0.25) is 4.79 Å². The van der Waals surface area contributed by atoms with Gasteiger partial charge >= 0.3 is 0 Å². The van der Waals surface area contributed by atoms with E-state index >= 15 is 0 Å². The van der Waals surface area contributed by atoms with Crippen LogP contribution in [-0.2, 0) is 9.53 Å². The summed E-state index contributed by atoms with van der Waals surface area (Å²) in [5.74, 6) is 0.0454. The standard InChI is InChI=1S/C11H22N2O2/c1-4-5-7-15-8-6-13-11(14)10(12)9(2)3/h4,9-10H,1,5-8,12H2,2-3H3,(H,13,14)/t10-/m1/s1. The van der Waals surface area contributed by atoms with E-state index in [2.05, 4.69) is 11.9 Å². The number of nitrogens with two attached hydrogens (primary N) is 1. The number of ether oxygens (including phenoxy) is 1. The predicted octanol–water partition coefficient (Wildman–Crippen LogP) is 0.679. The zero-order chi connectivity index (χ0) is 11.7. The molecule has 0 aromatic heterocycles. The van der Waals surface area contributed by atoms with Gasteiger partial charge in [0, 0.05) is 6.54 Å². The van der Waals surface area contributed by atoms with Crippen LogP contribution < -0.4 is 11.1 Å². The molecule has 3 N–H and O–H groups in total. The fourth-order valence-corrected chi connectivity index (χ4v) is 0.936. The molecule has 0 fully saturated rings. The van der Waals surface area contributed by atoms with Crippen LogP contribution in [0, 0.1) is 5.92 Å². The van der Waals surface area contributed by atoms with E-state index in [4.69, 9.17) is 10.5 Å². The Morgan fingerprint density at radius 3 is 2.73 bits per heavy atom. The molecule has 4 nitrogen and oxygen atoms in total. The maximum atomic E-state index is 11.4. The van der Waals surface area contributed by atoms with E-state index in [0.717, 1.165) is 6.42 Å². The molecule has 0 bridgehead atoms. The quantitative estimate of drug-likeness (QED) is 0.461. The first-order chi connectivity index (χ1) is 7.09. The molecule has 0 rings (SSSR count). The van der Waals surface area contributed by atoms with Gasteiger partial charge in [-0.1, -0.05) is 19.9 Å². The van der Waals surface area contributed by atoms with E-state index in [-0.39, 0.29) is 11.8 Å². The lowest BCUT2D eigenvalue weighted by Crippen LogP contribution is -2.44. The Morgan fingerprint density at radius 2 is 2.20 bits per heavy atom. The largest absolute Gasteiger partial charge is 0.379 e. The topological polar surface area (TPSA) is 64.3 Å². The Labute approximate surface area is 91.9 Å². The van der Waals surface area contributed by atoms with Crippen molar-refractivity contribution < 1.29 is 9.53 Å². The third kappa shape index (κ3) is 7.11. The minimum absolute atomic E-state index is 0.114. The van der Waals surface area contributed by atoms with E-state index in [1.54, 1.807) is 6.08 Å². The summed E-state index contributed by atoms with van der Waals surface area (Å²) in [6.45, 7) is 9.10. The summed E-state index contributed by atoms with van der Waals surface area (Å²) < 4.78 is 5.24. The number of nitrogens with one attached hydrogen (secondary N) is 1. The van der Waals surface area contributed by atoms with Crippen LogP contribution in [0.25, 0.3) is 0 Å². The van der Waals surface area contributed by atoms with Crippen LogP contribution >= 0.6 is 0 Å². The van der Waals surface area contributed by atoms with Crippen molar-refractivity contribution in [3.63, 3.8) is 0 Å². The third-order valence-corrected chi connectivity index (χ3v) is 2.03. The van der Waals surface area contributed by atoms with Gasteiger partial charge in [-0.2, -0.15) is 0 Å². The molecule has 0 saturated carbocycles. The van der Waals surface area contributed by atoms with Crippen molar-refractivity contribution in [3.8, 4) is 0 Å². The second kappa shape index (κ2) is 8.44. The molecule has 0 spiro atoms. The van der Waals surface area contributed by atoms with Gasteiger partial charge < -0.3 is 15.8 Å². The molecule has 0 aliphatic rings. The molecule has 0 unspecified atom stereocenters. The lowest BCUT2D eigenvalue weighted by Gasteiger charge is -2.15. The molecule has 88 valence electrons. The Hall–Kier alpha value is -0.870. The number of rotatable bonds is 8. The minimum Gasteiger partial charge on any atom is -0.379 e. The first kappa shape index (κ1) is 14.1. The molecule has 0 aromatic rings. The highest BCUT2D eigenvalue weighted by atomic mass is 16.5. The molecule has 0 radical (unpaired) electrons. The second-order valence-electron chi connectivity index (χ2n) is 3.75. The number of hydrogen-bond acceptors (Lipinski definition) is 3. The van der Waals surface area contributed by atoms with Crippen LogP contribution in [0.3, 0.4) is 0 Å².